The van der Waals surface area contributed by atoms with Gasteiger partial charge in [0.1, 0.15) is 12.1 Å². The normalized spacial score (nSPS) is 11.5. The largest absolute Gasteiger partial charge is 1.00 e. The summed E-state index contributed by atoms with van der Waals surface area (Å²) in [4.78, 5) is 22.2. The number of carbonyl (C=O) groups is 2. The molecule has 0 aliphatic carbocycles. The molecule has 0 saturated heterocycles. The summed E-state index contributed by atoms with van der Waals surface area (Å²) in [6.45, 7) is 7.66. The van der Waals surface area contributed by atoms with Gasteiger partial charge in [-0.25, -0.2) is 4.79 Å². The summed E-state index contributed by atoms with van der Waals surface area (Å²) < 4.78 is 11.0. The van der Waals surface area contributed by atoms with Crippen LogP contribution in [0, 0.1) is 0 Å². The Bertz CT molecular complexity index is 330. The Labute approximate surface area is 137 Å². The average Bonchev–Trinajstić information content (AvgIpc) is 2.18. The molecule has 0 aromatic rings. The molecule has 0 atom stereocenters. The predicted molar refractivity (Wildman–Crippen MR) is 76.1 cm³/mol. The number of ether oxygens (including phenoxy) is 2. The molecule has 126 valence electrons. The number of halogens is 1. The zero-order valence-corrected chi connectivity index (χ0v) is 15.2. The number of carbonyl (C=O) groups excluding carboxylic acids is 2. The summed E-state index contributed by atoms with van der Waals surface area (Å²) in [7, 11) is 3.82. The van der Waals surface area contributed by atoms with Gasteiger partial charge in [0.25, 0.3) is 5.91 Å². The molecule has 0 aromatic carbocycles. The maximum Gasteiger partial charge on any atom is 0.407 e. The highest BCUT2D eigenvalue weighted by atomic mass is 79.9. The highest BCUT2D eigenvalue weighted by Gasteiger charge is 2.18. The van der Waals surface area contributed by atoms with Gasteiger partial charge >= 0.3 is 6.09 Å². The van der Waals surface area contributed by atoms with Crippen LogP contribution in [0.1, 0.15) is 20.8 Å². The van der Waals surface area contributed by atoms with Crippen LogP contribution in [0.4, 0.5) is 4.79 Å². The molecule has 0 radical (unpaired) electrons. The Morgan fingerprint density at radius 2 is 1.76 bits per heavy atom. The van der Waals surface area contributed by atoms with Crippen LogP contribution in [0.25, 0.3) is 0 Å². The number of alkyl carbamates (subject to hydrolysis) is 1. The third-order valence-corrected chi connectivity index (χ3v) is 2.34. The van der Waals surface area contributed by atoms with E-state index in [-0.39, 0.29) is 29.4 Å². The molecule has 0 heterocycles. The van der Waals surface area contributed by atoms with Crippen molar-refractivity contribution >= 4 is 12.0 Å². The number of amides is 2. The van der Waals surface area contributed by atoms with Crippen LogP contribution in [0.3, 0.4) is 0 Å². The lowest BCUT2D eigenvalue weighted by Crippen LogP contribution is -3.00. The van der Waals surface area contributed by atoms with Crippen LogP contribution < -0.4 is 28.0 Å². The molecule has 0 aliphatic heterocycles. The lowest BCUT2D eigenvalue weighted by Gasteiger charge is -2.27. The minimum absolute atomic E-state index is 0. The first-order valence-corrected chi connectivity index (χ1v) is 6.67. The third kappa shape index (κ3) is 15.3. The molecular weight excluding hydrogens is 342 g/mol. The standard InChI is InChI=1S/C13H27N3O4.BrH/c1-13(2,3)20-12(18)15-6-8-19-9-7-16(4,5)10-11(14)17;/h6-10H2,1-5H3,(H2-,14,15,17,18);1H. The summed E-state index contributed by atoms with van der Waals surface area (Å²) in [5.74, 6) is -0.332. The van der Waals surface area contributed by atoms with E-state index in [0.717, 1.165) is 0 Å². The number of likely N-dealkylation sites (N-methyl/N-ethyl adjacent to an activating group) is 1. The first-order valence-electron chi connectivity index (χ1n) is 6.67. The molecule has 0 unspecified atom stereocenters. The minimum atomic E-state index is -0.499. The lowest BCUT2D eigenvalue weighted by atomic mass is 10.2. The molecule has 0 bridgehead atoms. The molecule has 0 rings (SSSR count). The molecule has 0 spiro atoms. The van der Waals surface area contributed by atoms with E-state index in [1.807, 2.05) is 34.9 Å². The second kappa shape index (κ2) is 9.97. The molecule has 8 heteroatoms. The van der Waals surface area contributed by atoms with Crippen LogP contribution in [0.2, 0.25) is 0 Å². The zero-order chi connectivity index (χ0) is 15.8. The van der Waals surface area contributed by atoms with Crippen molar-refractivity contribution in [3.05, 3.63) is 0 Å². The smallest absolute Gasteiger partial charge is 0.407 e. The summed E-state index contributed by atoms with van der Waals surface area (Å²) in [5.41, 5.74) is 4.66. The van der Waals surface area contributed by atoms with E-state index in [2.05, 4.69) is 5.32 Å². The Morgan fingerprint density at radius 3 is 2.24 bits per heavy atom. The van der Waals surface area contributed by atoms with E-state index in [9.17, 15) is 9.59 Å². The minimum Gasteiger partial charge on any atom is -1.00 e. The molecule has 0 fully saturated rings. The van der Waals surface area contributed by atoms with Crippen molar-refractivity contribution in [2.75, 3.05) is 46.9 Å². The fourth-order valence-corrected chi connectivity index (χ4v) is 1.45. The van der Waals surface area contributed by atoms with Gasteiger partial charge in [-0.1, -0.05) is 0 Å². The van der Waals surface area contributed by atoms with Crippen molar-refractivity contribution in [3.63, 3.8) is 0 Å². The Hall–Kier alpha value is -0.860. The van der Waals surface area contributed by atoms with Gasteiger partial charge in [-0.05, 0) is 20.8 Å². The topological polar surface area (TPSA) is 90.7 Å². The molecule has 7 nitrogen and oxygen atoms in total. The number of hydrogen-bond donors (Lipinski definition) is 2. The fourth-order valence-electron chi connectivity index (χ4n) is 1.45. The van der Waals surface area contributed by atoms with E-state index in [4.69, 9.17) is 15.2 Å². The van der Waals surface area contributed by atoms with Crippen LogP contribution >= 0.6 is 0 Å². The predicted octanol–water partition coefficient (Wildman–Crippen LogP) is -2.91. The van der Waals surface area contributed by atoms with Gasteiger partial charge in [0.2, 0.25) is 0 Å². The van der Waals surface area contributed by atoms with Crippen molar-refractivity contribution in [1.29, 1.82) is 0 Å². The molecule has 2 amide bonds. The van der Waals surface area contributed by atoms with E-state index < -0.39 is 11.7 Å². The first kappa shape index (κ1) is 22.4. The Morgan fingerprint density at radius 1 is 1.19 bits per heavy atom. The van der Waals surface area contributed by atoms with Gasteiger partial charge < -0.3 is 42.0 Å². The molecule has 21 heavy (non-hydrogen) atoms. The number of nitrogens with zero attached hydrogens (tertiary/aromatic N) is 1. The summed E-state index contributed by atoms with van der Waals surface area (Å²) in [5, 5.41) is 2.60. The van der Waals surface area contributed by atoms with Gasteiger partial charge in [0.15, 0.2) is 6.54 Å². The van der Waals surface area contributed by atoms with E-state index >= 15 is 0 Å². The number of quaternary nitrogens is 1. The van der Waals surface area contributed by atoms with Crippen molar-refractivity contribution in [1.82, 2.24) is 5.32 Å². The van der Waals surface area contributed by atoms with Crippen LogP contribution in [-0.2, 0) is 14.3 Å². The molecule has 3 N–H and O–H groups in total. The van der Waals surface area contributed by atoms with Crippen molar-refractivity contribution in [3.8, 4) is 0 Å². The van der Waals surface area contributed by atoms with Gasteiger partial charge in [-0.2, -0.15) is 0 Å². The number of rotatable bonds is 8. The van der Waals surface area contributed by atoms with Crippen LogP contribution in [0.15, 0.2) is 0 Å². The molecule has 0 aliphatic rings. The number of nitrogens with two attached hydrogens (primary N) is 1. The van der Waals surface area contributed by atoms with Crippen molar-refractivity contribution in [2.24, 2.45) is 5.73 Å². The maximum absolute atomic E-state index is 11.3. The van der Waals surface area contributed by atoms with Crippen LogP contribution in [-0.4, -0.2) is 69.0 Å². The highest BCUT2D eigenvalue weighted by molar-refractivity contribution is 5.74. The van der Waals surface area contributed by atoms with Crippen molar-refractivity contribution in [2.45, 2.75) is 26.4 Å². The van der Waals surface area contributed by atoms with E-state index in [1.165, 1.54) is 0 Å². The summed E-state index contributed by atoms with van der Waals surface area (Å²) >= 11 is 0. The summed E-state index contributed by atoms with van der Waals surface area (Å²) in [6.07, 6.45) is -0.453. The number of primary amides is 1. The maximum atomic E-state index is 11.3. The lowest BCUT2D eigenvalue weighted by molar-refractivity contribution is -0.882. The zero-order valence-electron chi connectivity index (χ0n) is 13.6. The van der Waals surface area contributed by atoms with Gasteiger partial charge in [0.05, 0.1) is 27.3 Å². The van der Waals surface area contributed by atoms with E-state index in [0.29, 0.717) is 30.8 Å². The fraction of sp³-hybridized carbons (Fsp3) is 0.846. The average molecular weight is 370 g/mol. The highest BCUT2D eigenvalue weighted by Crippen LogP contribution is 2.06. The van der Waals surface area contributed by atoms with Crippen molar-refractivity contribution < 1.29 is 40.5 Å². The van der Waals surface area contributed by atoms with Crippen LogP contribution in [0.5, 0.6) is 0 Å². The third-order valence-electron chi connectivity index (χ3n) is 2.34. The first-order chi connectivity index (χ1) is 9.02. The number of hydrogen-bond acceptors (Lipinski definition) is 4. The SMILES string of the molecule is CC(C)(C)OC(=O)NCCOCC[N+](C)(C)CC(N)=O.[Br-]. The number of nitrogens with one attached hydrogen (secondary N) is 1. The molecule has 0 saturated carbocycles. The second-order valence-corrected chi connectivity index (χ2v) is 6.32. The molecule has 0 aromatic heterocycles. The monoisotopic (exact) mass is 369 g/mol. The Kier molecular flexibility index (Phi) is 10.6. The van der Waals surface area contributed by atoms with E-state index in [1.54, 1.807) is 0 Å². The van der Waals surface area contributed by atoms with Gasteiger partial charge in [-0.3, -0.25) is 4.79 Å². The van der Waals surface area contributed by atoms with Gasteiger partial charge in [-0.15, -0.1) is 0 Å². The summed E-state index contributed by atoms with van der Waals surface area (Å²) in [6, 6.07) is 0. The second-order valence-electron chi connectivity index (χ2n) is 6.32. The molecular formula is C13H28BrN3O4. The quantitative estimate of drug-likeness (QED) is 0.354. The Balaban J connectivity index is 0. The van der Waals surface area contributed by atoms with Gasteiger partial charge in [0, 0.05) is 6.54 Å².